The van der Waals surface area contributed by atoms with Gasteiger partial charge in [0.25, 0.3) is 0 Å². The zero-order valence-corrected chi connectivity index (χ0v) is 13.5. The molecule has 0 saturated heterocycles. The van der Waals surface area contributed by atoms with Crippen LogP contribution in [0.4, 0.5) is 0 Å². The summed E-state index contributed by atoms with van der Waals surface area (Å²) in [5.74, 6) is 0.980. The van der Waals surface area contributed by atoms with Crippen molar-refractivity contribution in [1.29, 1.82) is 0 Å². The molecule has 20 heavy (non-hydrogen) atoms. The van der Waals surface area contributed by atoms with Gasteiger partial charge in [-0.05, 0) is 45.4 Å². The lowest BCUT2D eigenvalue weighted by Crippen LogP contribution is -2.18. The van der Waals surface area contributed by atoms with Crippen LogP contribution in [0, 0.1) is 13.8 Å². The first-order valence-corrected chi connectivity index (χ1v) is 7.94. The molecule has 2 nitrogen and oxygen atoms in total. The normalized spacial score (nSPS) is 12.4. The van der Waals surface area contributed by atoms with E-state index in [-0.39, 0.29) is 6.04 Å². The molecule has 0 amide bonds. The second-order valence-electron chi connectivity index (χ2n) is 5.03. The molecule has 0 radical (unpaired) electrons. The van der Waals surface area contributed by atoms with E-state index in [1.807, 2.05) is 30.4 Å². The summed E-state index contributed by atoms with van der Waals surface area (Å²) in [6.07, 6.45) is 0. The van der Waals surface area contributed by atoms with Crippen LogP contribution in [0.1, 0.15) is 40.8 Å². The van der Waals surface area contributed by atoms with E-state index >= 15 is 0 Å². The van der Waals surface area contributed by atoms with Gasteiger partial charge in [-0.25, -0.2) is 0 Å². The van der Waals surface area contributed by atoms with Gasteiger partial charge in [0, 0.05) is 27.9 Å². The second kappa shape index (κ2) is 6.91. The van der Waals surface area contributed by atoms with Crippen LogP contribution < -0.4 is 10.1 Å². The van der Waals surface area contributed by atoms with E-state index in [9.17, 15) is 0 Å². The highest BCUT2D eigenvalue weighted by molar-refractivity contribution is 7.12. The maximum absolute atomic E-state index is 5.70. The molecule has 1 aromatic carbocycles. The lowest BCUT2D eigenvalue weighted by atomic mass is 10.1. The van der Waals surface area contributed by atoms with Crippen molar-refractivity contribution in [3.8, 4) is 5.75 Å². The molecule has 1 aromatic heterocycles. The Labute approximate surface area is 125 Å². The molecular weight excluding hydrogens is 266 g/mol. The Balaban J connectivity index is 2.02. The molecule has 1 atom stereocenters. The van der Waals surface area contributed by atoms with Crippen LogP contribution in [-0.2, 0) is 6.54 Å². The third-order valence-corrected chi connectivity index (χ3v) is 4.64. The maximum atomic E-state index is 5.70. The maximum Gasteiger partial charge on any atom is 0.124 e. The van der Waals surface area contributed by atoms with Gasteiger partial charge in [0.15, 0.2) is 0 Å². The summed E-state index contributed by atoms with van der Waals surface area (Å²) in [6, 6.07) is 10.8. The largest absolute Gasteiger partial charge is 0.494 e. The number of hydrogen-bond donors (Lipinski definition) is 1. The third kappa shape index (κ3) is 3.62. The Morgan fingerprint density at radius 2 is 2.00 bits per heavy atom. The number of thiophene rings is 1. The van der Waals surface area contributed by atoms with E-state index in [0.29, 0.717) is 6.61 Å². The molecule has 0 aliphatic heterocycles. The van der Waals surface area contributed by atoms with E-state index in [1.54, 1.807) is 0 Å². The van der Waals surface area contributed by atoms with E-state index in [4.69, 9.17) is 4.74 Å². The zero-order chi connectivity index (χ0) is 14.5. The number of rotatable bonds is 6. The molecular formula is C17H23NOS. The molecule has 1 unspecified atom stereocenters. The lowest BCUT2D eigenvalue weighted by Gasteiger charge is -2.17. The van der Waals surface area contributed by atoms with Crippen LogP contribution >= 0.6 is 11.3 Å². The van der Waals surface area contributed by atoms with E-state index in [0.717, 1.165) is 12.3 Å². The van der Waals surface area contributed by atoms with Crippen molar-refractivity contribution in [2.75, 3.05) is 6.61 Å². The molecule has 0 aliphatic carbocycles. The first kappa shape index (κ1) is 15.1. The highest BCUT2D eigenvalue weighted by Crippen LogP contribution is 2.26. The highest BCUT2D eigenvalue weighted by atomic mass is 32.1. The standard InChI is InChI=1S/C17H23NOS/c1-5-19-17-9-7-6-8-16(17)13(3)18-11-15-10-12(2)14(4)20-15/h6-10,13,18H,5,11H2,1-4H3. The molecule has 1 N–H and O–H groups in total. The number of benzene rings is 1. The van der Waals surface area contributed by atoms with Crippen LogP contribution in [0.15, 0.2) is 30.3 Å². The fraction of sp³-hybridized carbons (Fsp3) is 0.412. The third-order valence-electron chi connectivity index (χ3n) is 3.48. The SMILES string of the molecule is CCOc1ccccc1C(C)NCc1cc(C)c(C)s1. The Morgan fingerprint density at radius 1 is 1.25 bits per heavy atom. The van der Waals surface area contributed by atoms with Crippen LogP contribution in [0.25, 0.3) is 0 Å². The summed E-state index contributed by atoms with van der Waals surface area (Å²) in [6.45, 7) is 10.2. The van der Waals surface area contributed by atoms with Gasteiger partial charge in [-0.2, -0.15) is 0 Å². The molecule has 2 aromatic rings. The molecule has 0 aliphatic rings. The van der Waals surface area contributed by atoms with Crippen molar-refractivity contribution in [2.45, 2.75) is 40.3 Å². The molecule has 3 heteroatoms. The smallest absolute Gasteiger partial charge is 0.124 e. The summed E-state index contributed by atoms with van der Waals surface area (Å²) in [5, 5.41) is 3.58. The quantitative estimate of drug-likeness (QED) is 0.838. The molecule has 0 fully saturated rings. The minimum absolute atomic E-state index is 0.278. The van der Waals surface area contributed by atoms with Crippen molar-refractivity contribution in [3.63, 3.8) is 0 Å². The van der Waals surface area contributed by atoms with Gasteiger partial charge < -0.3 is 10.1 Å². The molecule has 108 valence electrons. The summed E-state index contributed by atoms with van der Waals surface area (Å²) < 4.78 is 5.70. The van der Waals surface area contributed by atoms with Gasteiger partial charge in [0.1, 0.15) is 5.75 Å². The summed E-state index contributed by atoms with van der Waals surface area (Å²) in [7, 11) is 0. The van der Waals surface area contributed by atoms with Gasteiger partial charge in [-0.15, -0.1) is 11.3 Å². The second-order valence-corrected chi connectivity index (χ2v) is 6.37. The number of nitrogens with one attached hydrogen (secondary N) is 1. The van der Waals surface area contributed by atoms with Crippen molar-refractivity contribution >= 4 is 11.3 Å². The van der Waals surface area contributed by atoms with Gasteiger partial charge in [0.2, 0.25) is 0 Å². The zero-order valence-electron chi connectivity index (χ0n) is 12.7. The summed E-state index contributed by atoms with van der Waals surface area (Å²) >= 11 is 1.87. The monoisotopic (exact) mass is 289 g/mol. The Morgan fingerprint density at radius 3 is 2.65 bits per heavy atom. The summed E-state index contributed by atoms with van der Waals surface area (Å²) in [5.41, 5.74) is 2.61. The van der Waals surface area contributed by atoms with Gasteiger partial charge >= 0.3 is 0 Å². The van der Waals surface area contributed by atoms with E-state index in [2.05, 4.69) is 44.3 Å². The molecule has 0 spiro atoms. The topological polar surface area (TPSA) is 21.3 Å². The predicted octanol–water partition coefficient (Wildman–Crippen LogP) is 4.61. The van der Waals surface area contributed by atoms with E-state index < -0.39 is 0 Å². The first-order chi connectivity index (χ1) is 9.61. The van der Waals surface area contributed by atoms with Crippen LogP contribution in [-0.4, -0.2) is 6.61 Å². The molecule has 0 saturated carbocycles. The van der Waals surface area contributed by atoms with Gasteiger partial charge in [-0.3, -0.25) is 0 Å². The van der Waals surface area contributed by atoms with Gasteiger partial charge in [-0.1, -0.05) is 18.2 Å². The molecule has 0 bridgehead atoms. The number of ether oxygens (including phenoxy) is 1. The Kier molecular flexibility index (Phi) is 5.21. The molecule has 2 rings (SSSR count). The highest BCUT2D eigenvalue weighted by Gasteiger charge is 2.11. The van der Waals surface area contributed by atoms with Crippen molar-refractivity contribution in [2.24, 2.45) is 0 Å². The predicted molar refractivity (Wildman–Crippen MR) is 86.7 cm³/mol. The number of aryl methyl sites for hydroxylation is 2. The van der Waals surface area contributed by atoms with E-state index in [1.165, 1.54) is 20.9 Å². The fourth-order valence-electron chi connectivity index (χ4n) is 2.23. The summed E-state index contributed by atoms with van der Waals surface area (Å²) in [4.78, 5) is 2.80. The van der Waals surface area contributed by atoms with Crippen molar-refractivity contribution < 1.29 is 4.74 Å². The van der Waals surface area contributed by atoms with Crippen LogP contribution in [0.3, 0.4) is 0 Å². The minimum atomic E-state index is 0.278. The first-order valence-electron chi connectivity index (χ1n) is 7.12. The van der Waals surface area contributed by atoms with Crippen molar-refractivity contribution in [1.82, 2.24) is 5.32 Å². The Bertz CT molecular complexity index is 542. The van der Waals surface area contributed by atoms with Gasteiger partial charge in [0.05, 0.1) is 6.61 Å². The average Bonchev–Trinajstić information content (AvgIpc) is 2.76. The van der Waals surface area contributed by atoms with Crippen LogP contribution in [0.5, 0.6) is 5.75 Å². The number of hydrogen-bond acceptors (Lipinski definition) is 3. The lowest BCUT2D eigenvalue weighted by molar-refractivity contribution is 0.332. The average molecular weight is 289 g/mol. The number of para-hydroxylation sites is 1. The van der Waals surface area contributed by atoms with Crippen molar-refractivity contribution in [3.05, 3.63) is 51.2 Å². The fourth-order valence-corrected chi connectivity index (χ4v) is 3.23. The molecule has 1 heterocycles. The minimum Gasteiger partial charge on any atom is -0.494 e. The Hall–Kier alpha value is -1.32. The van der Waals surface area contributed by atoms with Crippen LogP contribution in [0.2, 0.25) is 0 Å².